The first kappa shape index (κ1) is 26.0. The first-order valence-corrected chi connectivity index (χ1v) is 12.4. The van der Waals surface area contributed by atoms with Crippen LogP contribution in [0.3, 0.4) is 0 Å². The maximum Gasteiger partial charge on any atom is 0.0540 e. The molecule has 1 heteroatoms. The Morgan fingerprint density at radius 2 is 0.846 bits per heavy atom. The summed E-state index contributed by atoms with van der Waals surface area (Å²) in [6.45, 7) is 6.96. The van der Waals surface area contributed by atoms with Crippen molar-refractivity contribution in [3.05, 3.63) is 0 Å². The van der Waals surface area contributed by atoms with Crippen molar-refractivity contribution in [3.8, 4) is 0 Å². The minimum Gasteiger partial charge on any atom is -0.393 e. The van der Waals surface area contributed by atoms with Crippen molar-refractivity contribution in [1.82, 2.24) is 0 Å². The molecule has 0 saturated heterocycles. The molecule has 26 heavy (non-hydrogen) atoms. The summed E-state index contributed by atoms with van der Waals surface area (Å²) in [7, 11) is 0. The van der Waals surface area contributed by atoms with Crippen molar-refractivity contribution in [3.63, 3.8) is 0 Å². The fourth-order valence-electron chi connectivity index (χ4n) is 3.80. The van der Waals surface area contributed by atoms with Gasteiger partial charge in [0.15, 0.2) is 0 Å². The molecule has 0 rings (SSSR count). The Kier molecular flexibility index (Phi) is 21.2. The van der Waals surface area contributed by atoms with Gasteiger partial charge < -0.3 is 5.11 Å². The fourth-order valence-corrected chi connectivity index (χ4v) is 3.80. The molecule has 0 aliphatic heterocycles. The average Bonchev–Trinajstić information content (AvgIpc) is 2.65. The van der Waals surface area contributed by atoms with E-state index >= 15 is 0 Å². The largest absolute Gasteiger partial charge is 0.393 e. The Balaban J connectivity index is 3.16. The summed E-state index contributed by atoms with van der Waals surface area (Å²) < 4.78 is 0. The van der Waals surface area contributed by atoms with E-state index in [1.165, 1.54) is 116 Å². The van der Waals surface area contributed by atoms with Crippen LogP contribution in [0.25, 0.3) is 0 Å². The van der Waals surface area contributed by atoms with Gasteiger partial charge >= 0.3 is 0 Å². The Morgan fingerprint density at radius 3 is 1.23 bits per heavy atom. The smallest absolute Gasteiger partial charge is 0.0540 e. The van der Waals surface area contributed by atoms with E-state index in [2.05, 4.69) is 20.8 Å². The van der Waals surface area contributed by atoms with Crippen molar-refractivity contribution >= 4 is 0 Å². The SMILES string of the molecule is CCCCCCCCCCC(O)CCCCCCCCCCC(C)CC. The maximum atomic E-state index is 10.1. The van der Waals surface area contributed by atoms with E-state index < -0.39 is 0 Å². The first-order chi connectivity index (χ1) is 12.7. The number of hydrogen-bond acceptors (Lipinski definition) is 1. The highest BCUT2D eigenvalue weighted by Gasteiger charge is 2.04. The molecule has 0 aromatic rings. The maximum absolute atomic E-state index is 10.1. The van der Waals surface area contributed by atoms with Crippen molar-refractivity contribution in [2.24, 2.45) is 5.92 Å². The van der Waals surface area contributed by atoms with Gasteiger partial charge in [-0.15, -0.1) is 0 Å². The van der Waals surface area contributed by atoms with Gasteiger partial charge in [0.2, 0.25) is 0 Å². The minimum absolute atomic E-state index is 0.0318. The summed E-state index contributed by atoms with van der Waals surface area (Å²) in [5, 5.41) is 10.1. The third kappa shape index (κ3) is 20.3. The third-order valence-corrected chi connectivity index (χ3v) is 6.07. The van der Waals surface area contributed by atoms with Crippen LogP contribution in [0, 0.1) is 5.92 Å². The van der Waals surface area contributed by atoms with Crippen LogP contribution in [0.15, 0.2) is 0 Å². The second-order valence-electron chi connectivity index (χ2n) is 8.84. The second-order valence-corrected chi connectivity index (χ2v) is 8.84. The molecule has 0 fully saturated rings. The Hall–Kier alpha value is -0.0400. The summed E-state index contributed by atoms with van der Waals surface area (Å²) in [5.74, 6) is 0.923. The van der Waals surface area contributed by atoms with Crippen LogP contribution in [0.2, 0.25) is 0 Å². The van der Waals surface area contributed by atoms with Crippen LogP contribution < -0.4 is 0 Å². The monoisotopic (exact) mass is 368 g/mol. The quantitative estimate of drug-likeness (QED) is 0.201. The topological polar surface area (TPSA) is 20.2 Å². The highest BCUT2D eigenvalue weighted by molar-refractivity contribution is 4.58. The number of hydrogen-bond donors (Lipinski definition) is 1. The van der Waals surface area contributed by atoms with Crippen LogP contribution in [0.1, 0.15) is 149 Å². The molecule has 1 N–H and O–H groups in total. The Bertz CT molecular complexity index is 251. The first-order valence-electron chi connectivity index (χ1n) is 12.4. The number of aliphatic hydroxyl groups excluding tert-OH is 1. The Morgan fingerprint density at radius 1 is 0.500 bits per heavy atom. The zero-order valence-corrected chi connectivity index (χ0v) is 18.7. The molecule has 1 nitrogen and oxygen atoms in total. The van der Waals surface area contributed by atoms with E-state index in [9.17, 15) is 5.11 Å². The normalized spacial score (nSPS) is 13.8. The third-order valence-electron chi connectivity index (χ3n) is 6.07. The molecular weight excluding hydrogens is 316 g/mol. The highest BCUT2D eigenvalue weighted by Crippen LogP contribution is 2.16. The molecule has 0 heterocycles. The number of rotatable bonds is 21. The number of aliphatic hydroxyl groups is 1. The highest BCUT2D eigenvalue weighted by atomic mass is 16.3. The molecule has 0 aromatic heterocycles. The van der Waals surface area contributed by atoms with Gasteiger partial charge in [0, 0.05) is 0 Å². The predicted molar refractivity (Wildman–Crippen MR) is 119 cm³/mol. The van der Waals surface area contributed by atoms with Gasteiger partial charge in [-0.05, 0) is 18.8 Å². The van der Waals surface area contributed by atoms with Gasteiger partial charge in [-0.3, -0.25) is 0 Å². The summed E-state index contributed by atoms with van der Waals surface area (Å²) >= 11 is 0. The summed E-state index contributed by atoms with van der Waals surface area (Å²) in [5.41, 5.74) is 0. The lowest BCUT2D eigenvalue weighted by atomic mass is 9.99. The lowest BCUT2D eigenvalue weighted by Crippen LogP contribution is -2.05. The molecule has 158 valence electrons. The molecule has 2 atom stereocenters. The lowest BCUT2D eigenvalue weighted by Gasteiger charge is -2.10. The van der Waals surface area contributed by atoms with Crippen molar-refractivity contribution in [2.45, 2.75) is 155 Å². The van der Waals surface area contributed by atoms with Crippen LogP contribution in [-0.4, -0.2) is 11.2 Å². The zero-order chi connectivity index (χ0) is 19.3. The zero-order valence-electron chi connectivity index (χ0n) is 18.7. The molecular formula is C25H52O. The lowest BCUT2D eigenvalue weighted by molar-refractivity contribution is 0.147. The summed E-state index contributed by atoms with van der Waals surface area (Å²) in [6.07, 6.45) is 26.7. The van der Waals surface area contributed by atoms with Gasteiger partial charge in [-0.25, -0.2) is 0 Å². The van der Waals surface area contributed by atoms with Crippen molar-refractivity contribution in [1.29, 1.82) is 0 Å². The second kappa shape index (κ2) is 21.3. The van der Waals surface area contributed by atoms with Crippen LogP contribution in [0.4, 0.5) is 0 Å². The van der Waals surface area contributed by atoms with E-state index in [1.807, 2.05) is 0 Å². The molecule has 0 aliphatic rings. The Labute approximate surface area is 166 Å². The molecule has 0 aliphatic carbocycles. The van der Waals surface area contributed by atoms with Crippen LogP contribution in [0.5, 0.6) is 0 Å². The average molecular weight is 369 g/mol. The number of unbranched alkanes of at least 4 members (excludes halogenated alkanes) is 14. The summed E-state index contributed by atoms with van der Waals surface area (Å²) in [4.78, 5) is 0. The van der Waals surface area contributed by atoms with Gasteiger partial charge in [0.05, 0.1) is 6.10 Å². The molecule has 0 amide bonds. The van der Waals surface area contributed by atoms with Gasteiger partial charge in [-0.2, -0.15) is 0 Å². The predicted octanol–water partition coefficient (Wildman–Crippen LogP) is 8.83. The minimum atomic E-state index is -0.0318. The molecule has 0 bridgehead atoms. The fraction of sp³-hybridized carbons (Fsp3) is 1.00. The molecule has 2 unspecified atom stereocenters. The molecule has 0 spiro atoms. The van der Waals surface area contributed by atoms with Gasteiger partial charge in [-0.1, -0.05) is 136 Å². The molecule has 0 radical (unpaired) electrons. The van der Waals surface area contributed by atoms with E-state index in [0.29, 0.717) is 0 Å². The van der Waals surface area contributed by atoms with Crippen LogP contribution in [-0.2, 0) is 0 Å². The van der Waals surface area contributed by atoms with E-state index in [-0.39, 0.29) is 6.10 Å². The van der Waals surface area contributed by atoms with E-state index in [1.54, 1.807) is 0 Å². The van der Waals surface area contributed by atoms with E-state index in [4.69, 9.17) is 0 Å². The van der Waals surface area contributed by atoms with Crippen molar-refractivity contribution < 1.29 is 5.11 Å². The van der Waals surface area contributed by atoms with Crippen molar-refractivity contribution in [2.75, 3.05) is 0 Å². The summed E-state index contributed by atoms with van der Waals surface area (Å²) in [6, 6.07) is 0. The van der Waals surface area contributed by atoms with Gasteiger partial charge in [0.1, 0.15) is 0 Å². The molecule has 0 aromatic carbocycles. The van der Waals surface area contributed by atoms with Gasteiger partial charge in [0.25, 0.3) is 0 Å². The van der Waals surface area contributed by atoms with E-state index in [0.717, 1.165) is 18.8 Å². The standard InChI is InChI=1S/C25H52O/c1-4-6-7-8-9-13-16-19-22-25(26)23-20-17-14-11-10-12-15-18-21-24(3)5-2/h24-26H,4-23H2,1-3H3. The molecule has 0 saturated carbocycles. The van der Waals surface area contributed by atoms with Crippen LogP contribution >= 0.6 is 0 Å².